The molecule has 1 amide bonds. The van der Waals surface area contributed by atoms with Crippen molar-refractivity contribution in [3.8, 4) is 5.75 Å². The Labute approximate surface area is 209 Å². The Hall–Kier alpha value is -2.79. The Balaban J connectivity index is 1.18. The number of nitrogens with zero attached hydrogens (tertiary/aromatic N) is 3. The van der Waals surface area contributed by atoms with Gasteiger partial charge in [0.15, 0.2) is 5.13 Å². The summed E-state index contributed by atoms with van der Waals surface area (Å²) in [4.78, 5) is 19.8. The summed E-state index contributed by atoms with van der Waals surface area (Å²) >= 11 is 1.39. The van der Waals surface area contributed by atoms with Crippen LogP contribution < -0.4 is 10.1 Å². The zero-order valence-corrected chi connectivity index (χ0v) is 21.2. The van der Waals surface area contributed by atoms with E-state index in [-0.39, 0.29) is 10.8 Å². The third kappa shape index (κ3) is 5.25. The molecule has 0 bridgehead atoms. The number of hydrogen-bond donors (Lipinski definition) is 1. The van der Waals surface area contributed by atoms with Crippen LogP contribution in [0.4, 0.5) is 5.13 Å². The van der Waals surface area contributed by atoms with Gasteiger partial charge in [0.2, 0.25) is 10.0 Å². The fourth-order valence-corrected chi connectivity index (χ4v) is 6.75. The Bertz CT molecular complexity index is 1320. The summed E-state index contributed by atoms with van der Waals surface area (Å²) in [6.07, 6.45) is 2.73. The van der Waals surface area contributed by atoms with Gasteiger partial charge in [0.25, 0.3) is 5.91 Å². The molecular formula is C25H28N4O4S2. The van der Waals surface area contributed by atoms with Crippen molar-refractivity contribution in [1.82, 2.24) is 14.2 Å². The number of ether oxygens (including phenoxy) is 1. The molecule has 0 aliphatic carbocycles. The van der Waals surface area contributed by atoms with E-state index in [0.29, 0.717) is 30.3 Å². The minimum absolute atomic E-state index is 0.217. The van der Waals surface area contributed by atoms with Crippen LogP contribution in [0.1, 0.15) is 40.0 Å². The highest BCUT2D eigenvalue weighted by molar-refractivity contribution is 7.89. The monoisotopic (exact) mass is 512 g/mol. The number of carbonyl (C=O) groups excluding carboxylic acids is 1. The first-order valence-corrected chi connectivity index (χ1v) is 14.0. The Morgan fingerprint density at radius 3 is 2.60 bits per heavy atom. The van der Waals surface area contributed by atoms with Crippen LogP contribution in [0.25, 0.3) is 0 Å². The molecule has 1 aromatic heterocycles. The zero-order valence-electron chi connectivity index (χ0n) is 19.6. The molecule has 2 aliphatic heterocycles. The molecular weight excluding hydrogens is 484 g/mol. The van der Waals surface area contributed by atoms with Crippen molar-refractivity contribution in [2.45, 2.75) is 37.2 Å². The average molecular weight is 513 g/mol. The number of hydrogen-bond acceptors (Lipinski definition) is 7. The van der Waals surface area contributed by atoms with Crippen molar-refractivity contribution in [1.29, 1.82) is 0 Å². The fraction of sp³-hybridized carbons (Fsp3) is 0.360. The first-order chi connectivity index (χ1) is 16.9. The predicted octanol–water partition coefficient (Wildman–Crippen LogP) is 3.75. The van der Waals surface area contributed by atoms with Crippen LogP contribution in [0.15, 0.2) is 52.7 Å². The summed E-state index contributed by atoms with van der Waals surface area (Å²) in [6, 6.07) is 12.3. The fourth-order valence-electron chi connectivity index (χ4n) is 4.54. The lowest BCUT2D eigenvalue weighted by atomic mass is 9.99. The van der Waals surface area contributed by atoms with E-state index in [0.717, 1.165) is 43.8 Å². The van der Waals surface area contributed by atoms with E-state index in [4.69, 9.17) is 4.74 Å². The van der Waals surface area contributed by atoms with Crippen LogP contribution in [0.3, 0.4) is 0 Å². The largest absolute Gasteiger partial charge is 0.497 e. The van der Waals surface area contributed by atoms with E-state index in [1.807, 2.05) is 11.4 Å². The number of thiazole rings is 1. The van der Waals surface area contributed by atoms with E-state index >= 15 is 0 Å². The summed E-state index contributed by atoms with van der Waals surface area (Å²) in [5.74, 6) is 0.580. The van der Waals surface area contributed by atoms with Gasteiger partial charge in [-0.2, -0.15) is 4.31 Å². The quantitative estimate of drug-likeness (QED) is 0.519. The molecule has 184 valence electrons. The molecule has 5 rings (SSSR count). The highest BCUT2D eigenvalue weighted by atomic mass is 32.2. The highest BCUT2D eigenvalue weighted by Crippen LogP contribution is 2.26. The maximum Gasteiger partial charge on any atom is 0.257 e. The van der Waals surface area contributed by atoms with Crippen molar-refractivity contribution >= 4 is 32.4 Å². The Morgan fingerprint density at radius 2 is 1.86 bits per heavy atom. The Morgan fingerprint density at radius 1 is 1.09 bits per heavy atom. The number of aromatic nitrogens is 1. The lowest BCUT2D eigenvalue weighted by Crippen LogP contribution is -2.30. The summed E-state index contributed by atoms with van der Waals surface area (Å²) in [5.41, 5.74) is 3.93. The number of anilines is 1. The summed E-state index contributed by atoms with van der Waals surface area (Å²) in [6.45, 7) is 3.60. The molecule has 1 saturated heterocycles. The van der Waals surface area contributed by atoms with Gasteiger partial charge in [-0.3, -0.25) is 15.0 Å². The molecule has 0 saturated carbocycles. The lowest BCUT2D eigenvalue weighted by molar-refractivity contribution is 0.102. The highest BCUT2D eigenvalue weighted by Gasteiger charge is 2.27. The van der Waals surface area contributed by atoms with Gasteiger partial charge >= 0.3 is 0 Å². The predicted molar refractivity (Wildman–Crippen MR) is 135 cm³/mol. The number of fused-ring (bicyclic) bond motifs is 1. The second-order valence-electron chi connectivity index (χ2n) is 8.83. The van der Waals surface area contributed by atoms with Gasteiger partial charge in [0.1, 0.15) is 5.75 Å². The molecule has 35 heavy (non-hydrogen) atoms. The van der Waals surface area contributed by atoms with Crippen LogP contribution >= 0.6 is 11.3 Å². The van der Waals surface area contributed by atoms with Gasteiger partial charge in [-0.25, -0.2) is 13.4 Å². The van der Waals surface area contributed by atoms with Gasteiger partial charge < -0.3 is 4.74 Å². The molecule has 1 N–H and O–H groups in total. The van der Waals surface area contributed by atoms with Gasteiger partial charge in [0.05, 0.1) is 17.7 Å². The SMILES string of the molecule is COc1ccc2c(c1)CCN(Cc1csc(NC(=O)c3ccc(S(=O)(=O)N4CCCC4)cc3)n1)C2. The van der Waals surface area contributed by atoms with Gasteiger partial charge in [-0.1, -0.05) is 6.07 Å². The molecule has 10 heteroatoms. The molecule has 0 radical (unpaired) electrons. The second kappa shape index (κ2) is 10.1. The first kappa shape index (κ1) is 23.9. The standard InChI is InChI=1S/C25H28N4O4S2/c1-33-22-7-4-20-15-28(13-10-19(20)14-22)16-21-17-34-25(26-21)27-24(30)18-5-8-23(9-6-18)35(31,32)29-11-2-3-12-29/h4-9,14,17H,2-3,10-13,15-16H2,1H3,(H,26,27,30). The molecule has 8 nitrogen and oxygen atoms in total. The maximum absolute atomic E-state index is 12.7. The van der Waals surface area contributed by atoms with E-state index < -0.39 is 10.0 Å². The van der Waals surface area contributed by atoms with Crippen molar-refractivity contribution in [3.05, 3.63) is 70.2 Å². The normalized spacial score (nSPS) is 16.7. The molecule has 0 atom stereocenters. The summed E-state index contributed by atoms with van der Waals surface area (Å²) in [7, 11) is -1.81. The number of methoxy groups -OCH3 is 1. The minimum atomic E-state index is -3.49. The number of carbonyl (C=O) groups is 1. The van der Waals surface area contributed by atoms with Crippen molar-refractivity contribution in [2.75, 3.05) is 32.1 Å². The van der Waals surface area contributed by atoms with Crippen LogP contribution in [0.2, 0.25) is 0 Å². The van der Waals surface area contributed by atoms with E-state index in [9.17, 15) is 13.2 Å². The molecule has 3 heterocycles. The smallest absolute Gasteiger partial charge is 0.257 e. The number of sulfonamides is 1. The van der Waals surface area contributed by atoms with E-state index in [1.165, 1.54) is 38.9 Å². The van der Waals surface area contributed by atoms with E-state index in [2.05, 4.69) is 27.3 Å². The van der Waals surface area contributed by atoms with Crippen LogP contribution in [-0.4, -0.2) is 55.3 Å². The topological polar surface area (TPSA) is 91.8 Å². The molecule has 2 aliphatic rings. The molecule has 0 spiro atoms. The molecule has 3 aromatic rings. The van der Waals surface area contributed by atoms with Crippen LogP contribution in [0.5, 0.6) is 5.75 Å². The van der Waals surface area contributed by atoms with Gasteiger partial charge in [0, 0.05) is 43.7 Å². The van der Waals surface area contributed by atoms with Gasteiger partial charge in [-0.15, -0.1) is 11.3 Å². The second-order valence-corrected chi connectivity index (χ2v) is 11.6. The maximum atomic E-state index is 12.7. The molecule has 0 unspecified atom stereocenters. The molecule has 1 fully saturated rings. The lowest BCUT2D eigenvalue weighted by Gasteiger charge is -2.28. The minimum Gasteiger partial charge on any atom is -0.497 e. The van der Waals surface area contributed by atoms with Crippen molar-refractivity contribution in [2.24, 2.45) is 0 Å². The third-order valence-corrected chi connectivity index (χ3v) is 9.20. The average Bonchev–Trinajstić information content (AvgIpc) is 3.57. The number of amides is 1. The third-order valence-electron chi connectivity index (χ3n) is 6.48. The van der Waals surface area contributed by atoms with Gasteiger partial charge in [-0.05, 0) is 66.8 Å². The zero-order chi connectivity index (χ0) is 24.4. The Kier molecular flexibility index (Phi) is 6.88. The van der Waals surface area contributed by atoms with Crippen molar-refractivity contribution in [3.63, 3.8) is 0 Å². The van der Waals surface area contributed by atoms with Crippen LogP contribution in [0, 0.1) is 0 Å². The number of nitrogens with one attached hydrogen (secondary N) is 1. The number of benzene rings is 2. The number of rotatable bonds is 7. The summed E-state index contributed by atoms with van der Waals surface area (Å²) in [5, 5.41) is 5.33. The van der Waals surface area contributed by atoms with E-state index in [1.54, 1.807) is 19.2 Å². The van der Waals surface area contributed by atoms with Crippen molar-refractivity contribution < 1.29 is 17.9 Å². The summed E-state index contributed by atoms with van der Waals surface area (Å²) < 4.78 is 32.2. The molecule has 2 aromatic carbocycles. The first-order valence-electron chi connectivity index (χ1n) is 11.7. The van der Waals surface area contributed by atoms with Crippen LogP contribution in [-0.2, 0) is 29.5 Å².